The third-order valence-electron chi connectivity index (χ3n) is 0.804. The molecule has 0 bridgehead atoms. The Balaban J connectivity index is 3.20. The van der Waals surface area contributed by atoms with E-state index in [-0.39, 0.29) is 6.29 Å². The Morgan fingerprint density at radius 1 is 1.75 bits per heavy atom. The lowest BCUT2D eigenvalue weighted by molar-refractivity contribution is -0.158. The molecule has 0 radical (unpaired) electrons. The first-order chi connectivity index (χ1) is 3.85. The van der Waals surface area contributed by atoms with Crippen LogP contribution < -0.4 is 0 Å². The van der Waals surface area contributed by atoms with Crippen molar-refractivity contribution in [3.8, 4) is 0 Å². The van der Waals surface area contributed by atoms with Crippen LogP contribution in [0.15, 0.2) is 0 Å². The van der Waals surface area contributed by atoms with Gasteiger partial charge in [-0.25, -0.2) is 0 Å². The van der Waals surface area contributed by atoms with Gasteiger partial charge in [0.2, 0.25) is 6.29 Å². The summed E-state index contributed by atoms with van der Waals surface area (Å²) in [6, 6.07) is 0. The zero-order chi connectivity index (χ0) is 6.41. The van der Waals surface area contributed by atoms with Crippen molar-refractivity contribution in [3.05, 3.63) is 0 Å². The van der Waals surface area contributed by atoms with Crippen molar-refractivity contribution in [2.45, 2.75) is 19.6 Å². The molecule has 0 aromatic heterocycles. The lowest BCUT2D eigenvalue weighted by atomic mass is 10.5. The predicted molar refractivity (Wildman–Crippen MR) is 28.2 cm³/mol. The largest absolute Gasteiger partial charge is 0.438 e. The van der Waals surface area contributed by atoms with E-state index < -0.39 is 0 Å². The van der Waals surface area contributed by atoms with Crippen LogP contribution in [0.3, 0.4) is 0 Å². The van der Waals surface area contributed by atoms with Crippen LogP contribution in [0, 0.1) is 0 Å². The van der Waals surface area contributed by atoms with Gasteiger partial charge in [0.05, 0.1) is 0 Å². The van der Waals surface area contributed by atoms with E-state index in [0.717, 1.165) is 0 Å². The fourth-order valence-corrected chi connectivity index (χ4v) is 0.380. The predicted octanol–water partition coefficient (Wildman–Crippen LogP) is 0.542. The van der Waals surface area contributed by atoms with Crippen LogP contribution in [-0.2, 0) is 14.3 Å². The Bertz CT molecular complexity index is 58.7. The van der Waals surface area contributed by atoms with Crippen molar-refractivity contribution >= 4 is 6.47 Å². The highest BCUT2D eigenvalue weighted by atomic mass is 16.7. The lowest BCUT2D eigenvalue weighted by Crippen LogP contribution is -2.12. The van der Waals surface area contributed by atoms with Gasteiger partial charge in [0.1, 0.15) is 0 Å². The highest BCUT2D eigenvalue weighted by molar-refractivity contribution is 5.37. The summed E-state index contributed by atoms with van der Waals surface area (Å²) in [4.78, 5) is 9.63. The summed E-state index contributed by atoms with van der Waals surface area (Å²) in [5.74, 6) is 0. The van der Waals surface area contributed by atoms with E-state index in [0.29, 0.717) is 12.9 Å². The molecule has 0 aromatic carbocycles. The molecule has 1 atom stereocenters. The Morgan fingerprint density at radius 2 is 2.38 bits per heavy atom. The van der Waals surface area contributed by atoms with Crippen molar-refractivity contribution < 1.29 is 14.3 Å². The lowest BCUT2D eigenvalue weighted by Gasteiger charge is -2.08. The molecule has 0 aliphatic heterocycles. The molecule has 3 nitrogen and oxygen atoms in total. The van der Waals surface area contributed by atoms with Gasteiger partial charge in [-0.1, -0.05) is 6.92 Å². The molecule has 48 valence electrons. The van der Waals surface area contributed by atoms with Crippen molar-refractivity contribution in [2.24, 2.45) is 0 Å². The third kappa shape index (κ3) is 2.58. The van der Waals surface area contributed by atoms with E-state index in [1.165, 1.54) is 7.11 Å². The molecule has 0 heterocycles. The van der Waals surface area contributed by atoms with Crippen LogP contribution in [0.1, 0.15) is 13.3 Å². The van der Waals surface area contributed by atoms with Gasteiger partial charge in [-0.15, -0.1) is 0 Å². The molecular weight excluding hydrogens is 108 g/mol. The number of hydrogen-bond donors (Lipinski definition) is 0. The number of rotatable bonds is 4. The third-order valence-corrected chi connectivity index (χ3v) is 0.804. The van der Waals surface area contributed by atoms with Crippen molar-refractivity contribution in [1.29, 1.82) is 0 Å². The normalized spacial score (nSPS) is 12.8. The Hall–Kier alpha value is -0.570. The average Bonchev–Trinajstić information content (AvgIpc) is 1.83. The van der Waals surface area contributed by atoms with Gasteiger partial charge in [-0.2, -0.15) is 0 Å². The summed E-state index contributed by atoms with van der Waals surface area (Å²) in [7, 11) is 1.50. The van der Waals surface area contributed by atoms with Crippen LogP contribution in [0.5, 0.6) is 0 Å². The second-order valence-corrected chi connectivity index (χ2v) is 1.31. The molecule has 1 unspecified atom stereocenters. The van der Waals surface area contributed by atoms with Crippen LogP contribution in [0.25, 0.3) is 0 Å². The van der Waals surface area contributed by atoms with Crippen LogP contribution in [0.2, 0.25) is 0 Å². The Labute approximate surface area is 48.6 Å². The molecule has 3 heteroatoms. The summed E-state index contributed by atoms with van der Waals surface area (Å²) < 4.78 is 9.12. The zero-order valence-corrected chi connectivity index (χ0v) is 5.09. The first-order valence-electron chi connectivity index (χ1n) is 2.47. The summed E-state index contributed by atoms with van der Waals surface area (Å²) >= 11 is 0. The number of methoxy groups -OCH3 is 1. The molecule has 0 amide bonds. The summed E-state index contributed by atoms with van der Waals surface area (Å²) in [5, 5.41) is 0. The van der Waals surface area contributed by atoms with Gasteiger partial charge in [-0.05, 0) is 0 Å². The SMILES string of the molecule is CCC(OC)OC=O. The van der Waals surface area contributed by atoms with E-state index >= 15 is 0 Å². The zero-order valence-electron chi connectivity index (χ0n) is 5.09. The fraction of sp³-hybridized carbons (Fsp3) is 0.800. The van der Waals surface area contributed by atoms with Crippen molar-refractivity contribution in [3.63, 3.8) is 0 Å². The number of carbonyl (C=O) groups excluding carboxylic acids is 1. The second-order valence-electron chi connectivity index (χ2n) is 1.31. The molecule has 0 saturated carbocycles. The molecule has 0 spiro atoms. The second kappa shape index (κ2) is 4.59. The summed E-state index contributed by atoms with van der Waals surface area (Å²) in [6.45, 7) is 2.26. The molecule has 8 heavy (non-hydrogen) atoms. The quantitative estimate of drug-likeness (QED) is 0.399. The van der Waals surface area contributed by atoms with Gasteiger partial charge >= 0.3 is 0 Å². The monoisotopic (exact) mass is 118 g/mol. The van der Waals surface area contributed by atoms with Crippen LogP contribution >= 0.6 is 0 Å². The highest BCUT2D eigenvalue weighted by Gasteiger charge is 1.99. The number of ether oxygens (including phenoxy) is 2. The van der Waals surface area contributed by atoms with E-state index in [1.807, 2.05) is 6.92 Å². The first-order valence-corrected chi connectivity index (χ1v) is 2.47. The fourth-order valence-electron chi connectivity index (χ4n) is 0.380. The molecule has 0 rings (SSSR count). The van der Waals surface area contributed by atoms with E-state index in [9.17, 15) is 4.79 Å². The van der Waals surface area contributed by atoms with E-state index in [4.69, 9.17) is 0 Å². The maximum absolute atomic E-state index is 9.63. The molecule has 0 fully saturated rings. The van der Waals surface area contributed by atoms with Crippen molar-refractivity contribution in [1.82, 2.24) is 0 Å². The molecule has 0 aromatic rings. The molecule has 0 aliphatic carbocycles. The highest BCUT2D eigenvalue weighted by Crippen LogP contribution is 1.94. The van der Waals surface area contributed by atoms with Gasteiger partial charge in [0.25, 0.3) is 6.47 Å². The number of carbonyl (C=O) groups is 1. The van der Waals surface area contributed by atoms with Crippen LogP contribution in [-0.4, -0.2) is 19.9 Å². The van der Waals surface area contributed by atoms with Gasteiger partial charge < -0.3 is 9.47 Å². The minimum absolute atomic E-state index is 0.368. The average molecular weight is 118 g/mol. The minimum Gasteiger partial charge on any atom is -0.438 e. The van der Waals surface area contributed by atoms with Gasteiger partial charge in [0.15, 0.2) is 0 Å². The van der Waals surface area contributed by atoms with Crippen LogP contribution in [0.4, 0.5) is 0 Å². The summed E-state index contributed by atoms with van der Waals surface area (Å²) in [5.41, 5.74) is 0. The van der Waals surface area contributed by atoms with E-state index in [2.05, 4.69) is 9.47 Å². The van der Waals surface area contributed by atoms with Crippen molar-refractivity contribution in [2.75, 3.05) is 7.11 Å². The maximum Gasteiger partial charge on any atom is 0.295 e. The maximum atomic E-state index is 9.63. The first kappa shape index (κ1) is 7.43. The molecule has 0 aliphatic rings. The minimum atomic E-state index is -0.368. The topological polar surface area (TPSA) is 35.5 Å². The molecular formula is C5H10O3. The molecule has 0 N–H and O–H groups in total. The smallest absolute Gasteiger partial charge is 0.295 e. The Kier molecular flexibility index (Phi) is 4.26. The van der Waals surface area contributed by atoms with Gasteiger partial charge in [0, 0.05) is 13.5 Å². The summed E-state index contributed by atoms with van der Waals surface area (Å²) in [6.07, 6.45) is 0.322. The number of hydrogen-bond acceptors (Lipinski definition) is 3. The van der Waals surface area contributed by atoms with Gasteiger partial charge in [-0.3, -0.25) is 4.79 Å². The Morgan fingerprint density at radius 3 is 2.50 bits per heavy atom. The molecule has 0 saturated heterocycles. The standard InChI is InChI=1S/C5H10O3/c1-3-5(7-2)8-4-6/h4-5H,3H2,1-2H3. The van der Waals surface area contributed by atoms with E-state index in [1.54, 1.807) is 0 Å².